The van der Waals surface area contributed by atoms with Gasteiger partial charge in [-0.2, -0.15) is 5.10 Å². The second-order valence-electron chi connectivity index (χ2n) is 9.39. The highest BCUT2D eigenvalue weighted by atomic mass is 16.5. The van der Waals surface area contributed by atoms with E-state index in [9.17, 15) is 9.59 Å². The second kappa shape index (κ2) is 7.79. The number of aromatic amines is 1. The van der Waals surface area contributed by atoms with Gasteiger partial charge in [-0.25, -0.2) is 9.78 Å². The van der Waals surface area contributed by atoms with Crippen molar-refractivity contribution < 1.29 is 9.53 Å². The molecule has 2 heterocycles. The standard InChI is InChI=1S/C25H24N6O3/c1-34-21-9-5-4-8-20(21)31-14-19(27-30-31)24(33)26-16-12-25(13-16)10-15(11-25)22-17-6-2-3-7-18(17)23(32)29-28-22/h2-9,14-16H,10-13H2,1H3,(H,26,33)(H,29,32). The Morgan fingerprint density at radius 2 is 1.82 bits per heavy atom. The van der Waals surface area contributed by atoms with Gasteiger partial charge in [-0.3, -0.25) is 9.59 Å². The van der Waals surface area contributed by atoms with Gasteiger partial charge in [-0.15, -0.1) is 5.10 Å². The largest absolute Gasteiger partial charge is 0.494 e. The van der Waals surface area contributed by atoms with Crippen LogP contribution in [0.25, 0.3) is 16.5 Å². The number of ether oxygens (including phenoxy) is 1. The molecule has 2 N–H and O–H groups in total. The number of H-pyrrole nitrogens is 1. The molecule has 2 aliphatic rings. The minimum atomic E-state index is -0.217. The minimum absolute atomic E-state index is 0.130. The van der Waals surface area contributed by atoms with E-state index < -0.39 is 0 Å². The number of carbonyl (C=O) groups excluding carboxylic acids is 1. The molecule has 0 aliphatic heterocycles. The maximum Gasteiger partial charge on any atom is 0.273 e. The summed E-state index contributed by atoms with van der Waals surface area (Å²) in [5.74, 6) is 0.772. The zero-order valence-electron chi connectivity index (χ0n) is 18.7. The molecule has 0 unspecified atom stereocenters. The number of carbonyl (C=O) groups is 1. The molecule has 9 nitrogen and oxygen atoms in total. The molecule has 34 heavy (non-hydrogen) atoms. The van der Waals surface area contributed by atoms with Crippen molar-refractivity contribution in [2.24, 2.45) is 5.41 Å². The number of para-hydroxylation sites is 2. The van der Waals surface area contributed by atoms with E-state index in [1.165, 1.54) is 0 Å². The van der Waals surface area contributed by atoms with Gasteiger partial charge in [-0.05, 0) is 49.3 Å². The number of hydrogen-bond acceptors (Lipinski definition) is 6. The molecule has 2 fully saturated rings. The van der Waals surface area contributed by atoms with Gasteiger partial charge in [0.25, 0.3) is 11.5 Å². The van der Waals surface area contributed by atoms with Crippen molar-refractivity contribution in [2.45, 2.75) is 37.6 Å². The van der Waals surface area contributed by atoms with Crippen LogP contribution in [0, 0.1) is 5.41 Å². The molecule has 0 atom stereocenters. The third-order valence-corrected chi connectivity index (χ3v) is 7.22. The Morgan fingerprint density at radius 3 is 2.62 bits per heavy atom. The zero-order chi connectivity index (χ0) is 23.3. The molecule has 2 aliphatic carbocycles. The Labute approximate surface area is 195 Å². The smallest absolute Gasteiger partial charge is 0.273 e. The Kier molecular flexibility index (Phi) is 4.72. The highest BCUT2D eigenvalue weighted by molar-refractivity contribution is 5.92. The summed E-state index contributed by atoms with van der Waals surface area (Å²) < 4.78 is 6.91. The summed E-state index contributed by atoms with van der Waals surface area (Å²) in [6.45, 7) is 0. The van der Waals surface area contributed by atoms with Gasteiger partial charge >= 0.3 is 0 Å². The Balaban J connectivity index is 1.08. The lowest BCUT2D eigenvalue weighted by molar-refractivity contribution is -0.0197. The summed E-state index contributed by atoms with van der Waals surface area (Å²) in [4.78, 5) is 24.8. The Bertz CT molecular complexity index is 1440. The molecule has 6 rings (SSSR count). The molecular formula is C25H24N6O3. The van der Waals surface area contributed by atoms with E-state index >= 15 is 0 Å². The van der Waals surface area contributed by atoms with Gasteiger partial charge in [0, 0.05) is 17.3 Å². The van der Waals surface area contributed by atoms with Gasteiger partial charge < -0.3 is 10.1 Å². The number of nitrogens with zero attached hydrogens (tertiary/aromatic N) is 4. The van der Waals surface area contributed by atoms with E-state index in [0.717, 1.165) is 42.5 Å². The van der Waals surface area contributed by atoms with Crippen LogP contribution >= 0.6 is 0 Å². The van der Waals surface area contributed by atoms with Gasteiger partial charge in [0.15, 0.2) is 5.69 Å². The molecule has 9 heteroatoms. The number of benzene rings is 2. The molecular weight excluding hydrogens is 432 g/mol. The van der Waals surface area contributed by atoms with Crippen molar-refractivity contribution in [1.82, 2.24) is 30.5 Å². The number of amides is 1. The first kappa shape index (κ1) is 20.6. The predicted octanol–water partition coefficient (Wildman–Crippen LogP) is 2.97. The molecule has 1 spiro atoms. The fourth-order valence-electron chi connectivity index (χ4n) is 5.61. The van der Waals surface area contributed by atoms with Crippen molar-refractivity contribution in [2.75, 3.05) is 7.11 Å². The average Bonchev–Trinajstić information content (AvgIpc) is 3.31. The molecule has 2 saturated carbocycles. The van der Waals surface area contributed by atoms with Crippen LogP contribution in [0.5, 0.6) is 5.75 Å². The average molecular weight is 457 g/mol. The van der Waals surface area contributed by atoms with Crippen LogP contribution in [-0.2, 0) is 0 Å². The second-order valence-corrected chi connectivity index (χ2v) is 9.39. The van der Waals surface area contributed by atoms with Gasteiger partial charge in [0.1, 0.15) is 11.4 Å². The molecule has 0 saturated heterocycles. The maximum absolute atomic E-state index is 12.7. The summed E-state index contributed by atoms with van der Waals surface area (Å²) in [6.07, 6.45) is 5.54. The highest BCUT2D eigenvalue weighted by Crippen LogP contribution is 2.62. The maximum atomic E-state index is 12.7. The first-order valence-corrected chi connectivity index (χ1v) is 11.4. The molecule has 2 aromatic carbocycles. The zero-order valence-corrected chi connectivity index (χ0v) is 18.7. The van der Waals surface area contributed by atoms with Crippen LogP contribution in [0.2, 0.25) is 0 Å². The lowest BCUT2D eigenvalue weighted by atomic mass is 9.49. The van der Waals surface area contributed by atoms with E-state index in [4.69, 9.17) is 4.74 Å². The van der Waals surface area contributed by atoms with Crippen LogP contribution < -0.4 is 15.6 Å². The van der Waals surface area contributed by atoms with Crippen LogP contribution in [-0.4, -0.2) is 44.3 Å². The first-order valence-electron chi connectivity index (χ1n) is 11.4. The van der Waals surface area contributed by atoms with Crippen molar-refractivity contribution in [3.05, 3.63) is 76.5 Å². The number of rotatable bonds is 5. The molecule has 4 aromatic rings. The van der Waals surface area contributed by atoms with Crippen molar-refractivity contribution in [3.8, 4) is 11.4 Å². The number of nitrogens with one attached hydrogen (secondary N) is 2. The summed E-state index contributed by atoms with van der Waals surface area (Å²) in [5.41, 5.74) is 2.07. The lowest BCUT2D eigenvalue weighted by Crippen LogP contribution is -2.55. The molecule has 0 bridgehead atoms. The van der Waals surface area contributed by atoms with Crippen LogP contribution in [0.4, 0.5) is 0 Å². The monoisotopic (exact) mass is 456 g/mol. The molecule has 2 aromatic heterocycles. The lowest BCUT2D eigenvalue weighted by Gasteiger charge is -2.57. The van der Waals surface area contributed by atoms with Crippen LogP contribution in [0.1, 0.15) is 47.8 Å². The predicted molar refractivity (Wildman–Crippen MR) is 125 cm³/mol. The quantitative estimate of drug-likeness (QED) is 0.477. The summed E-state index contributed by atoms with van der Waals surface area (Å²) in [5, 5.41) is 19.9. The highest BCUT2D eigenvalue weighted by Gasteiger charge is 2.54. The van der Waals surface area contributed by atoms with Crippen LogP contribution in [0.15, 0.2) is 59.5 Å². The third kappa shape index (κ3) is 3.35. The van der Waals surface area contributed by atoms with E-state index in [1.807, 2.05) is 48.5 Å². The normalized spacial score (nSPS) is 23.3. The SMILES string of the molecule is COc1ccccc1-n1cc(C(=O)NC2CC3(C2)CC(c2n[nH]c(=O)c4ccccc24)C3)nn1. The van der Waals surface area contributed by atoms with E-state index in [2.05, 4.69) is 25.8 Å². The summed E-state index contributed by atoms with van der Waals surface area (Å²) in [6, 6.07) is 15.2. The Morgan fingerprint density at radius 1 is 1.09 bits per heavy atom. The van der Waals surface area contributed by atoms with Crippen molar-refractivity contribution >= 4 is 16.7 Å². The summed E-state index contributed by atoms with van der Waals surface area (Å²) in [7, 11) is 1.59. The Hall–Kier alpha value is -4.01. The van der Waals surface area contributed by atoms with Crippen LogP contribution in [0.3, 0.4) is 0 Å². The van der Waals surface area contributed by atoms with E-state index in [1.54, 1.807) is 18.0 Å². The third-order valence-electron chi connectivity index (χ3n) is 7.22. The minimum Gasteiger partial charge on any atom is -0.494 e. The van der Waals surface area contributed by atoms with Crippen molar-refractivity contribution in [3.63, 3.8) is 0 Å². The van der Waals surface area contributed by atoms with E-state index in [0.29, 0.717) is 17.1 Å². The van der Waals surface area contributed by atoms with E-state index in [-0.39, 0.29) is 28.6 Å². The number of fused-ring (bicyclic) bond motifs is 1. The fraction of sp³-hybridized carbons (Fsp3) is 0.320. The van der Waals surface area contributed by atoms with Crippen molar-refractivity contribution in [1.29, 1.82) is 0 Å². The molecule has 172 valence electrons. The summed E-state index contributed by atoms with van der Waals surface area (Å²) >= 11 is 0. The molecule has 1 amide bonds. The number of methoxy groups -OCH3 is 1. The topological polar surface area (TPSA) is 115 Å². The number of aromatic nitrogens is 5. The fourth-order valence-corrected chi connectivity index (χ4v) is 5.61. The molecule has 0 radical (unpaired) electrons. The van der Waals surface area contributed by atoms with Gasteiger partial charge in [0.05, 0.1) is 24.4 Å². The van der Waals surface area contributed by atoms with Gasteiger partial charge in [-0.1, -0.05) is 35.5 Å². The van der Waals surface area contributed by atoms with Gasteiger partial charge in [0.2, 0.25) is 0 Å². The first-order chi connectivity index (χ1) is 16.5. The number of hydrogen-bond donors (Lipinski definition) is 2.